The fourth-order valence-corrected chi connectivity index (χ4v) is 1.76. The van der Waals surface area contributed by atoms with Crippen molar-refractivity contribution < 1.29 is 0 Å². The molecule has 100 valence electrons. The quantitative estimate of drug-likeness (QED) is 0.710. The minimum absolute atomic E-state index is 0.144. The van der Waals surface area contributed by atoms with E-state index in [-0.39, 0.29) is 10.6 Å². The molecule has 0 amide bonds. The van der Waals surface area contributed by atoms with Crippen LogP contribution in [0.1, 0.15) is 6.42 Å². The van der Waals surface area contributed by atoms with Crippen LogP contribution >= 0.6 is 11.6 Å². The molecule has 0 unspecified atom stereocenters. The van der Waals surface area contributed by atoms with Crippen LogP contribution in [-0.4, -0.2) is 23.3 Å². The summed E-state index contributed by atoms with van der Waals surface area (Å²) in [4.78, 5) is 11.2. The summed E-state index contributed by atoms with van der Waals surface area (Å²) < 4.78 is 0. The summed E-state index contributed by atoms with van der Waals surface area (Å²) in [6.45, 7) is 1.55. The molecule has 2 rings (SSSR count). The zero-order chi connectivity index (χ0) is 13.5. The van der Waals surface area contributed by atoms with Gasteiger partial charge in [-0.3, -0.25) is 4.79 Å². The highest BCUT2D eigenvalue weighted by molar-refractivity contribution is 6.32. The van der Waals surface area contributed by atoms with E-state index in [0.717, 1.165) is 18.7 Å². The zero-order valence-electron chi connectivity index (χ0n) is 10.3. The Balaban J connectivity index is 1.72. The van der Waals surface area contributed by atoms with Gasteiger partial charge in [-0.15, -0.1) is 0 Å². The maximum Gasteiger partial charge on any atom is 0.285 e. The van der Waals surface area contributed by atoms with Gasteiger partial charge in [-0.25, -0.2) is 5.10 Å². The molecule has 1 aromatic heterocycles. The molecular weight excluding hydrogens is 264 g/mol. The first-order chi connectivity index (χ1) is 9.27. The van der Waals surface area contributed by atoms with Gasteiger partial charge in [0.15, 0.2) is 0 Å². The van der Waals surface area contributed by atoms with E-state index in [1.807, 2.05) is 30.3 Å². The molecule has 0 aliphatic heterocycles. The molecule has 0 atom stereocenters. The van der Waals surface area contributed by atoms with Gasteiger partial charge in [0, 0.05) is 18.8 Å². The second-order valence-corrected chi connectivity index (χ2v) is 4.38. The number of aromatic amines is 1. The van der Waals surface area contributed by atoms with E-state index in [9.17, 15) is 4.79 Å². The van der Waals surface area contributed by atoms with E-state index < -0.39 is 0 Å². The van der Waals surface area contributed by atoms with Crippen LogP contribution in [0, 0.1) is 0 Å². The van der Waals surface area contributed by atoms with Crippen molar-refractivity contribution in [3.63, 3.8) is 0 Å². The first-order valence-electron chi connectivity index (χ1n) is 6.03. The smallest absolute Gasteiger partial charge is 0.285 e. The molecule has 1 aromatic carbocycles. The van der Waals surface area contributed by atoms with Gasteiger partial charge in [0.2, 0.25) is 0 Å². The summed E-state index contributed by atoms with van der Waals surface area (Å²) in [6.07, 6.45) is 2.41. The standard InChI is InChI=1S/C13H15ClN4O/c14-12-11(9-17-18-13(12)19)16-8-4-7-15-10-5-2-1-3-6-10/h1-3,5-6,9,15H,4,7-8H2,(H2,16,18,19). The van der Waals surface area contributed by atoms with E-state index in [4.69, 9.17) is 11.6 Å². The van der Waals surface area contributed by atoms with E-state index >= 15 is 0 Å². The molecule has 0 saturated heterocycles. The molecule has 1 heterocycles. The number of anilines is 2. The van der Waals surface area contributed by atoms with Crippen molar-refractivity contribution in [1.29, 1.82) is 0 Å². The SMILES string of the molecule is O=c1[nH]ncc(NCCCNc2ccccc2)c1Cl. The molecule has 0 bridgehead atoms. The molecule has 5 nitrogen and oxygen atoms in total. The first kappa shape index (κ1) is 13.4. The van der Waals surface area contributed by atoms with E-state index in [2.05, 4.69) is 20.8 Å². The molecule has 0 saturated carbocycles. The van der Waals surface area contributed by atoms with Gasteiger partial charge in [-0.1, -0.05) is 29.8 Å². The maximum absolute atomic E-state index is 11.2. The number of halogens is 1. The van der Waals surface area contributed by atoms with Crippen LogP contribution in [0.5, 0.6) is 0 Å². The molecule has 0 spiro atoms. The minimum atomic E-state index is -0.380. The normalized spacial score (nSPS) is 10.2. The summed E-state index contributed by atoms with van der Waals surface area (Å²) in [6, 6.07) is 10.00. The third kappa shape index (κ3) is 3.99. The largest absolute Gasteiger partial charge is 0.385 e. The molecule has 2 aromatic rings. The van der Waals surface area contributed by atoms with Crippen LogP contribution in [-0.2, 0) is 0 Å². The van der Waals surface area contributed by atoms with Gasteiger partial charge in [0.05, 0.1) is 11.9 Å². The predicted molar refractivity (Wildman–Crippen MR) is 77.9 cm³/mol. The number of rotatable bonds is 6. The number of nitrogens with zero attached hydrogens (tertiary/aromatic N) is 1. The van der Waals surface area contributed by atoms with E-state index in [1.54, 1.807) is 0 Å². The topological polar surface area (TPSA) is 69.8 Å². The maximum atomic E-state index is 11.2. The van der Waals surface area contributed by atoms with Crippen molar-refractivity contribution in [2.24, 2.45) is 0 Å². The van der Waals surface area contributed by atoms with Crippen molar-refractivity contribution in [3.8, 4) is 0 Å². The van der Waals surface area contributed by atoms with Crippen molar-refractivity contribution >= 4 is 23.0 Å². The highest BCUT2D eigenvalue weighted by Gasteiger charge is 2.03. The Kier molecular flexibility index (Phi) is 4.80. The average Bonchev–Trinajstić information content (AvgIpc) is 2.44. The number of benzene rings is 1. The first-order valence-corrected chi connectivity index (χ1v) is 6.41. The van der Waals surface area contributed by atoms with Crippen LogP contribution < -0.4 is 16.2 Å². The number of aromatic nitrogens is 2. The predicted octanol–water partition coefficient (Wildman–Crippen LogP) is 2.34. The van der Waals surface area contributed by atoms with Crippen LogP contribution in [0.2, 0.25) is 5.02 Å². The van der Waals surface area contributed by atoms with Crippen LogP contribution in [0.15, 0.2) is 41.3 Å². The molecule has 0 aliphatic carbocycles. The summed E-state index contributed by atoms with van der Waals surface area (Å²) in [5, 5.41) is 12.5. The fraction of sp³-hybridized carbons (Fsp3) is 0.231. The van der Waals surface area contributed by atoms with E-state index in [1.165, 1.54) is 6.20 Å². The number of hydrogen-bond donors (Lipinski definition) is 3. The monoisotopic (exact) mass is 278 g/mol. The Bertz CT molecular complexity index is 570. The lowest BCUT2D eigenvalue weighted by Gasteiger charge is -2.08. The van der Waals surface area contributed by atoms with Gasteiger partial charge < -0.3 is 10.6 Å². The van der Waals surface area contributed by atoms with Crippen molar-refractivity contribution in [3.05, 3.63) is 51.9 Å². The molecule has 3 N–H and O–H groups in total. The summed E-state index contributed by atoms with van der Waals surface area (Å²) in [5.74, 6) is 0. The number of hydrogen-bond acceptors (Lipinski definition) is 4. The second-order valence-electron chi connectivity index (χ2n) is 4.00. The number of para-hydroxylation sites is 1. The third-order valence-electron chi connectivity index (χ3n) is 2.57. The molecular formula is C13H15ClN4O. The summed E-state index contributed by atoms with van der Waals surface area (Å²) >= 11 is 5.84. The number of H-pyrrole nitrogens is 1. The van der Waals surface area contributed by atoms with Gasteiger partial charge >= 0.3 is 0 Å². The van der Waals surface area contributed by atoms with Crippen LogP contribution in [0.25, 0.3) is 0 Å². The van der Waals surface area contributed by atoms with Gasteiger partial charge in [0.25, 0.3) is 5.56 Å². The van der Waals surface area contributed by atoms with Crippen LogP contribution in [0.3, 0.4) is 0 Å². The summed E-state index contributed by atoms with van der Waals surface area (Å²) in [7, 11) is 0. The minimum Gasteiger partial charge on any atom is -0.385 e. The van der Waals surface area contributed by atoms with Gasteiger partial charge in [-0.05, 0) is 18.6 Å². The Labute approximate surface area is 116 Å². The van der Waals surface area contributed by atoms with Crippen molar-refractivity contribution in [1.82, 2.24) is 10.2 Å². The second kappa shape index (κ2) is 6.80. The van der Waals surface area contributed by atoms with Gasteiger partial charge in [-0.2, -0.15) is 5.10 Å². The lowest BCUT2D eigenvalue weighted by Crippen LogP contribution is -2.14. The van der Waals surface area contributed by atoms with Crippen LogP contribution in [0.4, 0.5) is 11.4 Å². The summed E-state index contributed by atoms with van der Waals surface area (Å²) in [5.41, 5.74) is 1.28. The highest BCUT2D eigenvalue weighted by Crippen LogP contribution is 2.13. The molecule has 0 aliphatic rings. The van der Waals surface area contributed by atoms with Gasteiger partial charge in [0.1, 0.15) is 5.02 Å². The van der Waals surface area contributed by atoms with E-state index in [0.29, 0.717) is 12.2 Å². The Morgan fingerprint density at radius 1 is 1.16 bits per heavy atom. The molecule has 0 fully saturated rings. The third-order valence-corrected chi connectivity index (χ3v) is 2.94. The highest BCUT2D eigenvalue weighted by atomic mass is 35.5. The Morgan fingerprint density at radius 3 is 2.68 bits per heavy atom. The zero-order valence-corrected chi connectivity index (χ0v) is 11.1. The average molecular weight is 279 g/mol. The Morgan fingerprint density at radius 2 is 1.89 bits per heavy atom. The van der Waals surface area contributed by atoms with Crippen molar-refractivity contribution in [2.45, 2.75) is 6.42 Å². The lowest BCUT2D eigenvalue weighted by atomic mass is 10.3. The van der Waals surface area contributed by atoms with Crippen molar-refractivity contribution in [2.75, 3.05) is 23.7 Å². The fourth-order valence-electron chi connectivity index (χ4n) is 1.61. The molecule has 19 heavy (non-hydrogen) atoms. The lowest BCUT2D eigenvalue weighted by molar-refractivity contribution is 0.902. The molecule has 0 radical (unpaired) electrons. The number of nitrogens with one attached hydrogen (secondary N) is 3. The molecule has 6 heteroatoms. The Hall–Kier alpha value is -2.01.